The van der Waals surface area contributed by atoms with Crippen molar-refractivity contribution in [2.45, 2.75) is 13.5 Å². The Kier molecular flexibility index (Phi) is 3.93. The van der Waals surface area contributed by atoms with Gasteiger partial charge in [-0.05, 0) is 41.4 Å². The van der Waals surface area contributed by atoms with Crippen LogP contribution in [0.3, 0.4) is 0 Å². The lowest BCUT2D eigenvalue weighted by molar-refractivity contribution is 0.894. The van der Waals surface area contributed by atoms with Crippen LogP contribution < -0.4 is 10.6 Å². The number of anilines is 1. The molecule has 2 rings (SSSR count). The lowest BCUT2D eigenvalue weighted by atomic mass is 10.2. The van der Waals surface area contributed by atoms with E-state index in [1.165, 1.54) is 5.56 Å². The molecule has 0 bridgehead atoms. The van der Waals surface area contributed by atoms with E-state index in [0.717, 1.165) is 23.6 Å². The zero-order valence-corrected chi connectivity index (χ0v) is 12.0. The fourth-order valence-corrected chi connectivity index (χ4v) is 2.58. The van der Waals surface area contributed by atoms with E-state index < -0.39 is 0 Å². The van der Waals surface area contributed by atoms with Gasteiger partial charge in [0.05, 0.1) is 5.56 Å². The molecule has 2 N–H and O–H groups in total. The molecule has 0 aliphatic heterocycles. The lowest BCUT2D eigenvalue weighted by Crippen LogP contribution is -2.23. The molecule has 0 fully saturated rings. The summed E-state index contributed by atoms with van der Waals surface area (Å²) in [6.07, 6.45) is 0. The highest BCUT2D eigenvalue weighted by molar-refractivity contribution is 7.80. The second-order valence-electron chi connectivity index (χ2n) is 4.18. The van der Waals surface area contributed by atoms with Crippen LogP contribution in [0.25, 0.3) is 0 Å². The Labute approximate surface area is 116 Å². The quantitative estimate of drug-likeness (QED) is 0.873. The maximum atomic E-state index is 5.74. The molecule has 0 amide bonds. The van der Waals surface area contributed by atoms with Gasteiger partial charge < -0.3 is 10.6 Å². The number of nitrogens with zero attached hydrogens (tertiary/aromatic N) is 2. The van der Waals surface area contributed by atoms with E-state index >= 15 is 0 Å². The fourth-order valence-electron chi connectivity index (χ4n) is 1.76. The van der Waals surface area contributed by atoms with Crippen LogP contribution in [-0.2, 0) is 6.54 Å². The molecule has 0 radical (unpaired) electrons. The number of thiophene rings is 1. The molecule has 0 saturated heterocycles. The first-order chi connectivity index (χ1) is 8.58. The summed E-state index contributed by atoms with van der Waals surface area (Å²) in [5, 5.41) is 4.20. The van der Waals surface area contributed by atoms with Gasteiger partial charge in [-0.3, -0.25) is 0 Å². The van der Waals surface area contributed by atoms with Crippen molar-refractivity contribution in [2.24, 2.45) is 5.73 Å². The predicted molar refractivity (Wildman–Crippen MR) is 81.3 cm³/mol. The average molecular weight is 277 g/mol. The highest BCUT2D eigenvalue weighted by Gasteiger charge is 2.12. The van der Waals surface area contributed by atoms with Gasteiger partial charge in [0.2, 0.25) is 0 Å². The lowest BCUT2D eigenvalue weighted by Gasteiger charge is -2.20. The van der Waals surface area contributed by atoms with Gasteiger partial charge in [-0.1, -0.05) is 12.2 Å². The summed E-state index contributed by atoms with van der Waals surface area (Å²) in [6, 6.07) is 5.97. The van der Waals surface area contributed by atoms with Crippen molar-refractivity contribution in [3.05, 3.63) is 45.8 Å². The zero-order valence-electron chi connectivity index (χ0n) is 10.4. The predicted octanol–water partition coefficient (Wildman–Crippen LogP) is 2.72. The van der Waals surface area contributed by atoms with E-state index in [1.54, 1.807) is 11.3 Å². The summed E-state index contributed by atoms with van der Waals surface area (Å²) in [4.78, 5) is 6.99. The van der Waals surface area contributed by atoms with E-state index in [0.29, 0.717) is 4.99 Å². The number of rotatable bonds is 4. The first-order valence-corrected chi connectivity index (χ1v) is 6.92. The van der Waals surface area contributed by atoms with Crippen molar-refractivity contribution in [1.29, 1.82) is 0 Å². The number of thiocarbonyl (C=S) groups is 1. The van der Waals surface area contributed by atoms with Crippen molar-refractivity contribution in [1.82, 2.24) is 4.98 Å². The molecule has 2 aromatic rings. The van der Waals surface area contributed by atoms with Crippen molar-refractivity contribution >= 4 is 34.4 Å². The molecule has 3 nitrogen and oxygen atoms in total. The summed E-state index contributed by atoms with van der Waals surface area (Å²) < 4.78 is 0. The van der Waals surface area contributed by atoms with Gasteiger partial charge in [-0.15, -0.1) is 0 Å². The molecule has 2 aromatic heterocycles. The number of aryl methyl sites for hydroxylation is 1. The second kappa shape index (κ2) is 5.46. The molecule has 0 spiro atoms. The molecule has 94 valence electrons. The summed E-state index contributed by atoms with van der Waals surface area (Å²) in [6.45, 7) is 2.76. The molecule has 0 atom stereocenters. The van der Waals surface area contributed by atoms with Crippen LogP contribution >= 0.6 is 23.6 Å². The van der Waals surface area contributed by atoms with Gasteiger partial charge in [0.15, 0.2) is 0 Å². The second-order valence-corrected chi connectivity index (χ2v) is 5.40. The van der Waals surface area contributed by atoms with E-state index in [-0.39, 0.29) is 0 Å². The molecular formula is C13H15N3S2. The summed E-state index contributed by atoms with van der Waals surface area (Å²) in [5.41, 5.74) is 8.79. The summed E-state index contributed by atoms with van der Waals surface area (Å²) in [7, 11) is 2.00. The van der Waals surface area contributed by atoms with Gasteiger partial charge >= 0.3 is 0 Å². The molecule has 2 heterocycles. The third-order valence-electron chi connectivity index (χ3n) is 2.64. The largest absolute Gasteiger partial charge is 0.389 e. The van der Waals surface area contributed by atoms with Crippen molar-refractivity contribution < 1.29 is 0 Å². The van der Waals surface area contributed by atoms with Crippen molar-refractivity contribution in [2.75, 3.05) is 11.9 Å². The van der Waals surface area contributed by atoms with Crippen LogP contribution in [-0.4, -0.2) is 17.0 Å². The van der Waals surface area contributed by atoms with E-state index in [1.807, 2.05) is 26.1 Å². The SMILES string of the molecule is Cc1ccc(C(N)=S)c(N(C)Cc2ccsc2)n1. The number of hydrogen-bond donors (Lipinski definition) is 1. The number of aromatic nitrogens is 1. The van der Waals surface area contributed by atoms with E-state index in [9.17, 15) is 0 Å². The van der Waals surface area contributed by atoms with Crippen LogP contribution in [0.1, 0.15) is 16.8 Å². The maximum Gasteiger partial charge on any atom is 0.139 e. The van der Waals surface area contributed by atoms with Gasteiger partial charge in [-0.25, -0.2) is 4.98 Å². The Morgan fingerprint density at radius 2 is 2.22 bits per heavy atom. The Morgan fingerprint density at radius 1 is 1.44 bits per heavy atom. The Hall–Kier alpha value is -1.46. The third kappa shape index (κ3) is 2.86. The number of nitrogens with two attached hydrogens (primary N) is 1. The zero-order chi connectivity index (χ0) is 13.1. The minimum Gasteiger partial charge on any atom is -0.389 e. The van der Waals surface area contributed by atoms with Crippen LogP contribution in [0.2, 0.25) is 0 Å². The summed E-state index contributed by atoms with van der Waals surface area (Å²) >= 11 is 6.77. The first-order valence-electron chi connectivity index (χ1n) is 5.57. The van der Waals surface area contributed by atoms with Crippen LogP contribution in [0, 0.1) is 6.92 Å². The third-order valence-corrected chi connectivity index (χ3v) is 3.59. The molecule has 18 heavy (non-hydrogen) atoms. The Morgan fingerprint density at radius 3 is 2.83 bits per heavy atom. The van der Waals surface area contributed by atoms with Gasteiger partial charge in [0.1, 0.15) is 10.8 Å². The van der Waals surface area contributed by atoms with Crippen LogP contribution in [0.4, 0.5) is 5.82 Å². The molecule has 5 heteroatoms. The molecule has 0 unspecified atom stereocenters. The minimum atomic E-state index is 0.384. The fraction of sp³-hybridized carbons (Fsp3) is 0.231. The molecule has 0 saturated carbocycles. The topological polar surface area (TPSA) is 42.1 Å². The van der Waals surface area contributed by atoms with Crippen LogP contribution in [0.5, 0.6) is 0 Å². The maximum absolute atomic E-state index is 5.74. The molecule has 0 aromatic carbocycles. The van der Waals surface area contributed by atoms with E-state index in [2.05, 4.69) is 26.7 Å². The minimum absolute atomic E-state index is 0.384. The monoisotopic (exact) mass is 277 g/mol. The molecule has 0 aliphatic carbocycles. The van der Waals surface area contributed by atoms with Gasteiger partial charge in [-0.2, -0.15) is 11.3 Å². The highest BCUT2D eigenvalue weighted by Crippen LogP contribution is 2.20. The first kappa shape index (κ1) is 13.0. The average Bonchev–Trinajstić information content (AvgIpc) is 2.81. The van der Waals surface area contributed by atoms with Crippen molar-refractivity contribution in [3.63, 3.8) is 0 Å². The van der Waals surface area contributed by atoms with Gasteiger partial charge in [0, 0.05) is 19.3 Å². The Balaban J connectivity index is 2.31. The highest BCUT2D eigenvalue weighted by atomic mass is 32.1. The normalized spacial score (nSPS) is 10.3. The van der Waals surface area contributed by atoms with Gasteiger partial charge in [0.25, 0.3) is 0 Å². The molecule has 0 aliphatic rings. The number of pyridine rings is 1. The van der Waals surface area contributed by atoms with Crippen LogP contribution in [0.15, 0.2) is 29.0 Å². The smallest absolute Gasteiger partial charge is 0.139 e. The number of hydrogen-bond acceptors (Lipinski definition) is 4. The van der Waals surface area contributed by atoms with Crippen molar-refractivity contribution in [3.8, 4) is 0 Å². The Bertz CT molecular complexity index is 549. The van der Waals surface area contributed by atoms with E-state index in [4.69, 9.17) is 18.0 Å². The molecular weight excluding hydrogens is 262 g/mol. The summed E-state index contributed by atoms with van der Waals surface area (Å²) in [5.74, 6) is 0.841. The standard InChI is InChI=1S/C13H15N3S2/c1-9-3-4-11(12(14)17)13(15-9)16(2)7-10-5-6-18-8-10/h3-6,8H,7H2,1-2H3,(H2,14,17).